The molecule has 0 spiro atoms. The average Bonchev–Trinajstić information content (AvgIpc) is 3.14. The molecule has 0 bridgehead atoms. The zero-order chi connectivity index (χ0) is 17.9. The summed E-state index contributed by atoms with van der Waals surface area (Å²) in [7, 11) is 0. The van der Waals surface area contributed by atoms with Gasteiger partial charge in [-0.15, -0.1) is 0 Å². The van der Waals surface area contributed by atoms with Gasteiger partial charge < -0.3 is 14.7 Å². The fourth-order valence-corrected chi connectivity index (χ4v) is 3.55. The van der Waals surface area contributed by atoms with E-state index in [-0.39, 0.29) is 24.3 Å². The number of hydrogen-bond donors (Lipinski definition) is 0. The third kappa shape index (κ3) is 3.42. The largest absolute Gasteiger partial charge is 0.368 e. The Morgan fingerprint density at radius 2 is 1.69 bits per heavy atom. The molecule has 7 heteroatoms. The Kier molecular flexibility index (Phi) is 4.60. The topological polar surface area (TPSA) is 61.7 Å². The Labute approximate surface area is 152 Å². The number of rotatable bonds is 4. The molecule has 136 valence electrons. The van der Waals surface area contributed by atoms with E-state index in [9.17, 15) is 9.59 Å². The summed E-state index contributed by atoms with van der Waals surface area (Å²) in [5, 5.41) is 4.05. The highest BCUT2D eigenvalue weighted by Gasteiger charge is 2.38. The van der Waals surface area contributed by atoms with Crippen molar-refractivity contribution in [2.75, 3.05) is 44.2 Å². The van der Waals surface area contributed by atoms with Crippen LogP contribution in [0.2, 0.25) is 0 Å². The van der Waals surface area contributed by atoms with Crippen LogP contribution >= 0.6 is 0 Å². The van der Waals surface area contributed by atoms with Gasteiger partial charge in [-0.3, -0.25) is 14.3 Å². The van der Waals surface area contributed by atoms with Gasteiger partial charge in [0.2, 0.25) is 11.8 Å². The number of nitrogens with zero attached hydrogens (tertiary/aromatic N) is 5. The van der Waals surface area contributed by atoms with E-state index in [0.717, 1.165) is 26.2 Å². The summed E-state index contributed by atoms with van der Waals surface area (Å²) < 4.78 is 1.61. The zero-order valence-electron chi connectivity index (χ0n) is 14.7. The van der Waals surface area contributed by atoms with Crippen LogP contribution in [-0.4, -0.2) is 70.7 Å². The second-order valence-corrected chi connectivity index (χ2v) is 6.85. The highest BCUT2D eigenvalue weighted by Crippen LogP contribution is 2.21. The Morgan fingerprint density at radius 1 is 0.962 bits per heavy atom. The van der Waals surface area contributed by atoms with E-state index < -0.39 is 0 Å². The van der Waals surface area contributed by atoms with Crippen molar-refractivity contribution < 1.29 is 9.59 Å². The molecule has 1 aromatic heterocycles. The zero-order valence-corrected chi connectivity index (χ0v) is 14.7. The number of hydrogen-bond acceptors (Lipinski definition) is 4. The van der Waals surface area contributed by atoms with Crippen molar-refractivity contribution in [3.8, 4) is 0 Å². The number of likely N-dealkylation sites (tertiary alicyclic amines) is 1. The lowest BCUT2D eigenvalue weighted by Crippen LogP contribution is -2.59. The lowest BCUT2D eigenvalue weighted by molar-refractivity contribution is -0.149. The molecule has 0 saturated carbocycles. The Morgan fingerprint density at radius 3 is 2.35 bits per heavy atom. The molecule has 0 unspecified atom stereocenters. The van der Waals surface area contributed by atoms with Gasteiger partial charge in [0.25, 0.3) is 0 Å². The van der Waals surface area contributed by atoms with Crippen LogP contribution in [0.4, 0.5) is 5.69 Å². The number of amides is 2. The third-order valence-electron chi connectivity index (χ3n) is 5.15. The van der Waals surface area contributed by atoms with Gasteiger partial charge in [-0.05, 0) is 18.2 Å². The summed E-state index contributed by atoms with van der Waals surface area (Å²) in [6, 6.07) is 12.1. The Balaban J connectivity index is 1.23. The number of aromatic nitrogens is 2. The fourth-order valence-electron chi connectivity index (χ4n) is 3.55. The standard InChI is InChI=1S/C19H23N5O2/c25-18(15-24-8-4-7-20-24)23-13-16(14-23)19(26)22-11-9-21(10-12-22)17-5-2-1-3-6-17/h1-8,16H,9-15H2. The van der Waals surface area contributed by atoms with E-state index >= 15 is 0 Å². The summed E-state index contributed by atoms with van der Waals surface area (Å²) in [4.78, 5) is 30.8. The molecule has 2 saturated heterocycles. The first-order valence-electron chi connectivity index (χ1n) is 9.05. The van der Waals surface area contributed by atoms with Crippen molar-refractivity contribution in [1.29, 1.82) is 0 Å². The van der Waals surface area contributed by atoms with Gasteiger partial charge in [-0.25, -0.2) is 0 Å². The maximum Gasteiger partial charge on any atom is 0.244 e. The first-order valence-corrected chi connectivity index (χ1v) is 9.05. The van der Waals surface area contributed by atoms with Crippen molar-refractivity contribution in [2.24, 2.45) is 5.92 Å². The number of para-hydroxylation sites is 1. The average molecular weight is 353 g/mol. The van der Waals surface area contributed by atoms with Gasteiger partial charge in [0.1, 0.15) is 6.54 Å². The molecule has 2 aromatic rings. The van der Waals surface area contributed by atoms with Crippen LogP contribution in [0.3, 0.4) is 0 Å². The van der Waals surface area contributed by atoms with Crippen LogP contribution in [0.15, 0.2) is 48.8 Å². The number of carbonyl (C=O) groups is 2. The minimum atomic E-state index is -0.0557. The first kappa shape index (κ1) is 16.6. The van der Waals surface area contributed by atoms with Crippen LogP contribution in [0, 0.1) is 5.92 Å². The van der Waals surface area contributed by atoms with E-state index in [2.05, 4.69) is 22.1 Å². The van der Waals surface area contributed by atoms with E-state index in [1.807, 2.05) is 23.1 Å². The maximum atomic E-state index is 12.7. The van der Waals surface area contributed by atoms with Crippen LogP contribution < -0.4 is 4.90 Å². The Bertz CT molecular complexity index is 748. The van der Waals surface area contributed by atoms with Crippen molar-refractivity contribution in [1.82, 2.24) is 19.6 Å². The summed E-state index contributed by atoms with van der Waals surface area (Å²) in [5.41, 5.74) is 1.21. The second kappa shape index (κ2) is 7.19. The number of piperazine rings is 1. The van der Waals surface area contributed by atoms with E-state index in [1.54, 1.807) is 28.0 Å². The van der Waals surface area contributed by atoms with Gasteiger partial charge in [-0.2, -0.15) is 5.10 Å². The van der Waals surface area contributed by atoms with E-state index in [1.165, 1.54) is 5.69 Å². The predicted octanol–water partition coefficient (Wildman–Crippen LogP) is 0.690. The predicted molar refractivity (Wildman–Crippen MR) is 97.5 cm³/mol. The minimum absolute atomic E-state index is 0.0200. The van der Waals surface area contributed by atoms with Crippen LogP contribution in [0.5, 0.6) is 0 Å². The molecule has 2 aliphatic rings. The minimum Gasteiger partial charge on any atom is -0.368 e. The quantitative estimate of drug-likeness (QED) is 0.811. The normalized spacial score (nSPS) is 17.9. The molecule has 0 N–H and O–H groups in total. The molecule has 4 rings (SSSR count). The maximum absolute atomic E-state index is 12.7. The van der Waals surface area contributed by atoms with Gasteiger partial charge in [0, 0.05) is 57.3 Å². The van der Waals surface area contributed by atoms with Crippen molar-refractivity contribution in [3.63, 3.8) is 0 Å². The number of anilines is 1. The molecular formula is C19H23N5O2. The van der Waals surface area contributed by atoms with Crippen molar-refractivity contribution >= 4 is 17.5 Å². The summed E-state index contributed by atoms with van der Waals surface area (Å²) in [5.74, 6) is 0.146. The molecule has 1 aromatic carbocycles. The molecule has 7 nitrogen and oxygen atoms in total. The molecule has 2 aliphatic heterocycles. The fraction of sp³-hybridized carbons (Fsp3) is 0.421. The SMILES string of the molecule is O=C(Cn1cccn1)N1CC(C(=O)N2CCN(c3ccccc3)CC2)C1. The van der Waals surface area contributed by atoms with Crippen molar-refractivity contribution in [2.45, 2.75) is 6.54 Å². The highest BCUT2D eigenvalue weighted by atomic mass is 16.2. The number of carbonyl (C=O) groups excluding carboxylic acids is 2. The van der Waals surface area contributed by atoms with Gasteiger partial charge in [0.05, 0.1) is 5.92 Å². The van der Waals surface area contributed by atoms with Crippen LogP contribution in [0.25, 0.3) is 0 Å². The van der Waals surface area contributed by atoms with Crippen LogP contribution in [-0.2, 0) is 16.1 Å². The highest BCUT2D eigenvalue weighted by molar-refractivity contribution is 5.84. The summed E-state index contributed by atoms with van der Waals surface area (Å²) in [6.07, 6.45) is 3.43. The summed E-state index contributed by atoms with van der Waals surface area (Å²) in [6.45, 7) is 4.48. The molecule has 3 heterocycles. The molecule has 2 fully saturated rings. The van der Waals surface area contributed by atoms with Crippen LogP contribution in [0.1, 0.15) is 0 Å². The molecule has 0 radical (unpaired) electrons. The van der Waals surface area contributed by atoms with Gasteiger partial charge >= 0.3 is 0 Å². The van der Waals surface area contributed by atoms with E-state index in [4.69, 9.17) is 0 Å². The third-order valence-corrected chi connectivity index (χ3v) is 5.15. The molecule has 26 heavy (non-hydrogen) atoms. The molecule has 0 aliphatic carbocycles. The smallest absolute Gasteiger partial charge is 0.244 e. The lowest BCUT2D eigenvalue weighted by Gasteiger charge is -2.43. The van der Waals surface area contributed by atoms with Crippen molar-refractivity contribution in [3.05, 3.63) is 48.8 Å². The van der Waals surface area contributed by atoms with Gasteiger partial charge in [-0.1, -0.05) is 18.2 Å². The lowest BCUT2D eigenvalue weighted by atomic mass is 9.98. The Hall–Kier alpha value is -2.83. The monoisotopic (exact) mass is 353 g/mol. The van der Waals surface area contributed by atoms with Gasteiger partial charge in [0.15, 0.2) is 0 Å². The first-order chi connectivity index (χ1) is 12.7. The van der Waals surface area contributed by atoms with E-state index in [0.29, 0.717) is 13.1 Å². The molecule has 0 atom stereocenters. The molecular weight excluding hydrogens is 330 g/mol. The number of benzene rings is 1. The summed E-state index contributed by atoms with van der Waals surface area (Å²) >= 11 is 0. The molecule has 2 amide bonds. The second-order valence-electron chi connectivity index (χ2n) is 6.85.